The van der Waals surface area contributed by atoms with Crippen LogP contribution in [0.2, 0.25) is 0 Å². The monoisotopic (exact) mass is 233 g/mol. The SMILES string of the molecule is CCCNC(=O)NC(=O)CSC(C)CN. The molecule has 0 radical (unpaired) electrons. The lowest BCUT2D eigenvalue weighted by atomic mass is 10.5. The van der Waals surface area contributed by atoms with Crippen molar-refractivity contribution >= 4 is 23.7 Å². The van der Waals surface area contributed by atoms with Crippen LogP contribution in [0.1, 0.15) is 20.3 Å². The van der Waals surface area contributed by atoms with Crippen LogP contribution in [-0.2, 0) is 4.79 Å². The maximum Gasteiger partial charge on any atom is 0.321 e. The van der Waals surface area contributed by atoms with E-state index in [1.165, 1.54) is 11.8 Å². The largest absolute Gasteiger partial charge is 0.338 e. The maximum atomic E-state index is 11.2. The Kier molecular flexibility index (Phi) is 8.12. The van der Waals surface area contributed by atoms with E-state index in [1.54, 1.807) is 0 Å². The highest BCUT2D eigenvalue weighted by Gasteiger charge is 2.08. The minimum Gasteiger partial charge on any atom is -0.338 e. The summed E-state index contributed by atoms with van der Waals surface area (Å²) in [6, 6.07) is -0.428. The molecule has 6 heteroatoms. The average Bonchev–Trinajstić information content (AvgIpc) is 2.22. The van der Waals surface area contributed by atoms with Crippen LogP contribution in [0.3, 0.4) is 0 Å². The van der Waals surface area contributed by atoms with Gasteiger partial charge >= 0.3 is 6.03 Å². The van der Waals surface area contributed by atoms with Crippen LogP contribution in [0.25, 0.3) is 0 Å². The molecule has 0 fully saturated rings. The van der Waals surface area contributed by atoms with Gasteiger partial charge in [0.15, 0.2) is 0 Å². The summed E-state index contributed by atoms with van der Waals surface area (Å²) in [5.74, 6) is -0.0216. The minimum atomic E-state index is -0.428. The predicted molar refractivity (Wildman–Crippen MR) is 62.8 cm³/mol. The second-order valence-electron chi connectivity index (χ2n) is 3.16. The van der Waals surface area contributed by atoms with Crippen molar-refractivity contribution in [3.05, 3.63) is 0 Å². The van der Waals surface area contributed by atoms with Gasteiger partial charge in [0.2, 0.25) is 5.91 Å². The van der Waals surface area contributed by atoms with E-state index < -0.39 is 6.03 Å². The number of hydrogen-bond acceptors (Lipinski definition) is 4. The van der Waals surface area contributed by atoms with Crippen LogP contribution in [0, 0.1) is 0 Å². The maximum absolute atomic E-state index is 11.2. The molecule has 1 atom stereocenters. The van der Waals surface area contributed by atoms with Gasteiger partial charge < -0.3 is 11.1 Å². The van der Waals surface area contributed by atoms with Crippen molar-refractivity contribution in [2.24, 2.45) is 5.73 Å². The molecule has 0 bridgehead atoms. The van der Waals surface area contributed by atoms with Crippen LogP contribution in [-0.4, -0.2) is 36.0 Å². The van der Waals surface area contributed by atoms with E-state index in [2.05, 4.69) is 10.6 Å². The standard InChI is InChI=1S/C9H19N3O2S/c1-3-4-11-9(14)12-8(13)6-15-7(2)5-10/h7H,3-6,10H2,1-2H3,(H2,11,12,13,14). The first-order valence-electron chi connectivity index (χ1n) is 4.99. The van der Waals surface area contributed by atoms with Gasteiger partial charge in [0.05, 0.1) is 5.75 Å². The number of carbonyl (C=O) groups excluding carboxylic acids is 2. The van der Waals surface area contributed by atoms with E-state index in [4.69, 9.17) is 5.73 Å². The van der Waals surface area contributed by atoms with Gasteiger partial charge in [0.1, 0.15) is 0 Å². The van der Waals surface area contributed by atoms with Crippen LogP contribution in [0.4, 0.5) is 4.79 Å². The summed E-state index contributed by atoms with van der Waals surface area (Å²) < 4.78 is 0. The van der Waals surface area contributed by atoms with E-state index >= 15 is 0 Å². The molecular weight excluding hydrogens is 214 g/mol. The van der Waals surface area contributed by atoms with Gasteiger partial charge in [-0.15, -0.1) is 11.8 Å². The van der Waals surface area contributed by atoms with E-state index in [0.717, 1.165) is 6.42 Å². The Bertz CT molecular complexity index is 212. The molecule has 0 aromatic rings. The van der Waals surface area contributed by atoms with Gasteiger partial charge in [-0.1, -0.05) is 13.8 Å². The summed E-state index contributed by atoms with van der Waals surface area (Å²) in [6.07, 6.45) is 0.848. The van der Waals surface area contributed by atoms with Crippen molar-refractivity contribution in [2.45, 2.75) is 25.5 Å². The number of thioether (sulfide) groups is 1. The van der Waals surface area contributed by atoms with Crippen LogP contribution >= 0.6 is 11.8 Å². The van der Waals surface area contributed by atoms with Crippen molar-refractivity contribution in [1.82, 2.24) is 10.6 Å². The molecule has 4 N–H and O–H groups in total. The summed E-state index contributed by atoms with van der Waals surface area (Å²) in [4.78, 5) is 22.3. The Labute approximate surface area is 94.5 Å². The Hall–Kier alpha value is -0.750. The normalized spacial score (nSPS) is 11.9. The molecule has 0 saturated carbocycles. The van der Waals surface area contributed by atoms with Gasteiger partial charge in [0, 0.05) is 18.3 Å². The quantitative estimate of drug-likeness (QED) is 0.616. The number of carbonyl (C=O) groups is 2. The van der Waals surface area contributed by atoms with Crippen molar-refractivity contribution < 1.29 is 9.59 Å². The first-order valence-corrected chi connectivity index (χ1v) is 6.04. The third-order valence-corrected chi connectivity index (χ3v) is 2.81. The molecule has 0 aliphatic rings. The smallest absolute Gasteiger partial charge is 0.321 e. The number of rotatable bonds is 6. The second-order valence-corrected chi connectivity index (χ2v) is 4.59. The lowest BCUT2D eigenvalue weighted by Crippen LogP contribution is -2.40. The first kappa shape index (κ1) is 14.2. The molecule has 0 heterocycles. The molecule has 88 valence electrons. The molecule has 0 saturated heterocycles. The number of urea groups is 1. The fourth-order valence-corrected chi connectivity index (χ4v) is 1.38. The van der Waals surface area contributed by atoms with Gasteiger partial charge in [-0.05, 0) is 6.42 Å². The molecule has 0 aromatic heterocycles. The zero-order valence-corrected chi connectivity index (χ0v) is 10.0. The molecule has 3 amide bonds. The minimum absolute atomic E-state index is 0.231. The zero-order chi connectivity index (χ0) is 11.7. The molecule has 5 nitrogen and oxygen atoms in total. The first-order chi connectivity index (χ1) is 7.10. The molecule has 0 aliphatic carbocycles. The Morgan fingerprint density at radius 3 is 2.67 bits per heavy atom. The van der Waals surface area contributed by atoms with Crippen LogP contribution in [0.5, 0.6) is 0 Å². The van der Waals surface area contributed by atoms with Gasteiger partial charge in [-0.25, -0.2) is 4.79 Å². The molecule has 0 rings (SSSR count). The van der Waals surface area contributed by atoms with Crippen molar-refractivity contribution in [3.8, 4) is 0 Å². The summed E-state index contributed by atoms with van der Waals surface area (Å²) in [7, 11) is 0. The number of amides is 3. The lowest BCUT2D eigenvalue weighted by Gasteiger charge is -2.08. The predicted octanol–water partition coefficient (Wildman–Crippen LogP) is 0.303. The summed E-state index contributed by atoms with van der Waals surface area (Å²) in [5.41, 5.74) is 5.39. The third-order valence-electron chi connectivity index (χ3n) is 1.62. The number of nitrogens with one attached hydrogen (secondary N) is 2. The average molecular weight is 233 g/mol. The van der Waals surface area contributed by atoms with Crippen molar-refractivity contribution in [1.29, 1.82) is 0 Å². The van der Waals surface area contributed by atoms with Crippen LogP contribution in [0.15, 0.2) is 0 Å². The van der Waals surface area contributed by atoms with E-state index in [9.17, 15) is 9.59 Å². The topological polar surface area (TPSA) is 84.2 Å². The summed E-state index contributed by atoms with van der Waals surface area (Å²) in [5, 5.41) is 5.03. The lowest BCUT2D eigenvalue weighted by molar-refractivity contribution is -0.117. The van der Waals surface area contributed by atoms with E-state index in [1.807, 2.05) is 13.8 Å². The molecular formula is C9H19N3O2S. The molecule has 15 heavy (non-hydrogen) atoms. The third kappa shape index (κ3) is 8.26. The summed E-state index contributed by atoms with van der Waals surface area (Å²) >= 11 is 1.43. The van der Waals surface area contributed by atoms with E-state index in [-0.39, 0.29) is 16.9 Å². The fraction of sp³-hybridized carbons (Fsp3) is 0.778. The van der Waals surface area contributed by atoms with Gasteiger partial charge in [0.25, 0.3) is 0 Å². The molecule has 0 spiro atoms. The number of nitrogens with two attached hydrogens (primary N) is 1. The zero-order valence-electron chi connectivity index (χ0n) is 9.21. The Morgan fingerprint density at radius 1 is 1.47 bits per heavy atom. The fourth-order valence-electron chi connectivity index (χ4n) is 0.731. The highest BCUT2D eigenvalue weighted by Crippen LogP contribution is 2.07. The van der Waals surface area contributed by atoms with E-state index in [0.29, 0.717) is 13.1 Å². The molecule has 0 aliphatic heterocycles. The highest BCUT2D eigenvalue weighted by molar-refractivity contribution is 8.00. The van der Waals surface area contributed by atoms with Crippen molar-refractivity contribution in [2.75, 3.05) is 18.8 Å². The molecule has 1 unspecified atom stereocenters. The summed E-state index contributed by atoms with van der Waals surface area (Å²) in [6.45, 7) is 4.99. The van der Waals surface area contributed by atoms with Crippen molar-refractivity contribution in [3.63, 3.8) is 0 Å². The number of imide groups is 1. The highest BCUT2D eigenvalue weighted by atomic mass is 32.2. The molecule has 0 aromatic carbocycles. The number of hydrogen-bond donors (Lipinski definition) is 3. The van der Waals surface area contributed by atoms with Crippen LogP contribution < -0.4 is 16.4 Å². The Morgan fingerprint density at radius 2 is 2.13 bits per heavy atom. The van der Waals surface area contributed by atoms with Gasteiger partial charge in [-0.2, -0.15) is 0 Å². The Balaban J connectivity index is 3.60. The van der Waals surface area contributed by atoms with Gasteiger partial charge in [-0.3, -0.25) is 10.1 Å². The second kappa shape index (κ2) is 8.55.